The number of carbonyl (C=O) groups excluding carboxylic acids is 1. The molecule has 3 aliphatic heterocycles. The summed E-state index contributed by atoms with van der Waals surface area (Å²) in [5.41, 5.74) is -0.828. The Morgan fingerprint density at radius 3 is 3.06 bits per heavy atom. The molecule has 0 unspecified atom stereocenters. The molecule has 0 aromatic heterocycles. The molecule has 0 saturated carbocycles. The van der Waals surface area contributed by atoms with Crippen LogP contribution in [0.3, 0.4) is 0 Å². The summed E-state index contributed by atoms with van der Waals surface area (Å²) in [4.78, 5) is 16.1. The molecule has 17 heavy (non-hydrogen) atoms. The smallest absolute Gasteiger partial charge is 0.348 e. The standard InChI is InChI=1S/C11H15BrClNO3/c1-3-4-5-16-7-6-10(2)8(13)14-11(7,12)9(15)17-10/h7H,3-6H2,1-2H3/t7-,10-,11-/m0/s1. The summed E-state index contributed by atoms with van der Waals surface area (Å²) in [6.45, 7) is 4.47. The number of aliphatic imine (C=N–C) groups is 1. The molecule has 96 valence electrons. The summed E-state index contributed by atoms with van der Waals surface area (Å²) in [7, 11) is 0. The SMILES string of the molecule is CCCCO[C@H]1C[C@]2(C)OC(=O)[C@@]1(Br)N=C2Cl. The van der Waals surface area contributed by atoms with Gasteiger partial charge in [-0.15, -0.1) is 0 Å². The maximum atomic E-state index is 11.9. The molecule has 6 heteroatoms. The number of unbranched alkanes of at least 4 members (excludes halogenated alkanes) is 1. The van der Waals surface area contributed by atoms with Crippen molar-refractivity contribution in [2.75, 3.05) is 6.61 Å². The number of nitrogens with zero attached hydrogens (tertiary/aromatic N) is 1. The zero-order chi connectivity index (χ0) is 12.7. The predicted octanol–water partition coefficient (Wildman–Crippen LogP) is 2.62. The van der Waals surface area contributed by atoms with Gasteiger partial charge in [-0.1, -0.05) is 24.9 Å². The first-order valence-corrected chi connectivity index (χ1v) is 6.89. The lowest BCUT2D eigenvalue weighted by molar-refractivity contribution is -0.176. The lowest BCUT2D eigenvalue weighted by atomic mass is 9.88. The third-order valence-electron chi connectivity index (χ3n) is 3.12. The van der Waals surface area contributed by atoms with Crippen LogP contribution < -0.4 is 0 Å². The molecular weight excluding hydrogens is 309 g/mol. The van der Waals surface area contributed by atoms with Gasteiger partial charge in [-0.05, 0) is 29.3 Å². The lowest BCUT2D eigenvalue weighted by Gasteiger charge is -2.47. The van der Waals surface area contributed by atoms with Gasteiger partial charge >= 0.3 is 5.97 Å². The van der Waals surface area contributed by atoms with E-state index in [-0.39, 0.29) is 6.10 Å². The van der Waals surface area contributed by atoms with Crippen molar-refractivity contribution in [1.29, 1.82) is 0 Å². The number of hydrogen-bond donors (Lipinski definition) is 0. The molecule has 3 rings (SSSR count). The molecule has 0 amide bonds. The van der Waals surface area contributed by atoms with E-state index in [0.717, 1.165) is 12.8 Å². The van der Waals surface area contributed by atoms with Crippen molar-refractivity contribution in [3.63, 3.8) is 0 Å². The Bertz CT molecular complexity index is 376. The van der Waals surface area contributed by atoms with Crippen molar-refractivity contribution in [2.45, 2.75) is 49.3 Å². The van der Waals surface area contributed by atoms with Gasteiger partial charge in [-0.3, -0.25) is 0 Å². The molecule has 0 aromatic rings. The fourth-order valence-electron chi connectivity index (χ4n) is 1.98. The highest BCUT2D eigenvalue weighted by atomic mass is 79.9. The monoisotopic (exact) mass is 323 g/mol. The molecule has 0 spiro atoms. The average Bonchev–Trinajstić information content (AvgIpc) is 2.24. The van der Waals surface area contributed by atoms with Gasteiger partial charge in [-0.25, -0.2) is 9.79 Å². The van der Waals surface area contributed by atoms with Crippen LogP contribution in [0.15, 0.2) is 4.99 Å². The maximum Gasteiger partial charge on any atom is 0.348 e. The van der Waals surface area contributed by atoms with Gasteiger partial charge in [0.15, 0.2) is 5.60 Å². The zero-order valence-electron chi connectivity index (χ0n) is 9.83. The van der Waals surface area contributed by atoms with Crippen LogP contribution in [0.25, 0.3) is 0 Å². The van der Waals surface area contributed by atoms with Gasteiger partial charge < -0.3 is 9.47 Å². The molecule has 0 aromatic carbocycles. The molecule has 4 nitrogen and oxygen atoms in total. The highest BCUT2D eigenvalue weighted by Gasteiger charge is 2.61. The van der Waals surface area contributed by atoms with E-state index in [1.54, 1.807) is 6.92 Å². The fourth-order valence-corrected chi connectivity index (χ4v) is 2.89. The second-order valence-electron chi connectivity index (χ2n) is 4.61. The van der Waals surface area contributed by atoms with E-state index in [1.165, 1.54) is 0 Å². The molecule has 3 aliphatic rings. The third kappa shape index (κ3) is 2.13. The Labute approximate surface area is 114 Å². The van der Waals surface area contributed by atoms with Gasteiger partial charge in [0.25, 0.3) is 0 Å². The van der Waals surface area contributed by atoms with E-state index in [4.69, 9.17) is 21.1 Å². The number of esters is 1. The summed E-state index contributed by atoms with van der Waals surface area (Å²) in [6.07, 6.45) is 2.23. The van der Waals surface area contributed by atoms with Crippen LogP contribution in [-0.4, -0.2) is 33.9 Å². The molecule has 1 saturated heterocycles. The topological polar surface area (TPSA) is 47.9 Å². The number of fused-ring (bicyclic) bond motifs is 2. The first-order chi connectivity index (χ1) is 7.92. The normalized spacial score (nSPS) is 40.1. The number of rotatable bonds is 4. The number of carbonyl (C=O) groups is 1. The Kier molecular flexibility index (Phi) is 3.54. The van der Waals surface area contributed by atoms with Gasteiger partial charge in [0.05, 0.1) is 0 Å². The lowest BCUT2D eigenvalue weighted by Crippen LogP contribution is -2.63. The van der Waals surface area contributed by atoms with Gasteiger partial charge in [0, 0.05) is 13.0 Å². The predicted molar refractivity (Wildman–Crippen MR) is 68.7 cm³/mol. The van der Waals surface area contributed by atoms with E-state index in [0.29, 0.717) is 18.2 Å². The van der Waals surface area contributed by atoms with Crippen molar-refractivity contribution in [1.82, 2.24) is 0 Å². The number of hydrogen-bond acceptors (Lipinski definition) is 4. The van der Waals surface area contributed by atoms with Crippen LogP contribution in [0.1, 0.15) is 33.1 Å². The maximum absolute atomic E-state index is 11.9. The fraction of sp³-hybridized carbons (Fsp3) is 0.818. The van der Waals surface area contributed by atoms with Crippen molar-refractivity contribution in [3.05, 3.63) is 0 Å². The molecule has 0 radical (unpaired) electrons. The van der Waals surface area contributed by atoms with E-state index < -0.39 is 16.0 Å². The van der Waals surface area contributed by atoms with Gasteiger partial charge in [0.1, 0.15) is 11.3 Å². The zero-order valence-corrected chi connectivity index (χ0v) is 12.2. The van der Waals surface area contributed by atoms with Crippen LogP contribution in [0.4, 0.5) is 0 Å². The summed E-state index contributed by atoms with van der Waals surface area (Å²) in [6, 6.07) is 0. The molecular formula is C11H15BrClNO3. The summed E-state index contributed by atoms with van der Waals surface area (Å²) < 4.78 is 9.87. The Morgan fingerprint density at radius 1 is 1.71 bits per heavy atom. The first-order valence-electron chi connectivity index (χ1n) is 5.72. The highest BCUT2D eigenvalue weighted by Crippen LogP contribution is 2.46. The van der Waals surface area contributed by atoms with Gasteiger partial charge in [-0.2, -0.15) is 0 Å². The number of alkyl halides is 1. The van der Waals surface area contributed by atoms with Crippen molar-refractivity contribution in [3.8, 4) is 0 Å². The summed E-state index contributed by atoms with van der Waals surface area (Å²) in [5, 5.41) is 0.323. The quantitative estimate of drug-likeness (QED) is 0.346. The first kappa shape index (κ1) is 13.3. The highest BCUT2D eigenvalue weighted by molar-refractivity contribution is 9.10. The second-order valence-corrected chi connectivity index (χ2v) is 6.18. The van der Waals surface area contributed by atoms with Gasteiger partial charge in [0.2, 0.25) is 4.45 Å². The largest absolute Gasteiger partial charge is 0.449 e. The van der Waals surface area contributed by atoms with E-state index >= 15 is 0 Å². The van der Waals surface area contributed by atoms with Crippen molar-refractivity contribution < 1.29 is 14.3 Å². The van der Waals surface area contributed by atoms with Crippen molar-refractivity contribution in [2.24, 2.45) is 4.99 Å². The average molecular weight is 325 g/mol. The number of ether oxygens (including phenoxy) is 2. The minimum atomic E-state index is -1.16. The van der Waals surface area contributed by atoms with E-state index in [1.807, 2.05) is 0 Å². The molecule has 3 atom stereocenters. The summed E-state index contributed by atoms with van der Waals surface area (Å²) >= 11 is 9.33. The molecule has 2 bridgehead atoms. The van der Waals surface area contributed by atoms with Crippen LogP contribution in [-0.2, 0) is 14.3 Å². The Morgan fingerprint density at radius 2 is 2.41 bits per heavy atom. The Balaban J connectivity index is 2.19. The van der Waals surface area contributed by atoms with Crippen LogP contribution >= 0.6 is 27.5 Å². The van der Waals surface area contributed by atoms with E-state index in [2.05, 4.69) is 27.8 Å². The second kappa shape index (κ2) is 4.52. The molecule has 1 fully saturated rings. The van der Waals surface area contributed by atoms with Crippen LogP contribution in [0.5, 0.6) is 0 Å². The molecule has 3 heterocycles. The number of halogens is 2. The van der Waals surface area contributed by atoms with Crippen LogP contribution in [0, 0.1) is 0 Å². The minimum absolute atomic E-state index is 0.317. The minimum Gasteiger partial charge on any atom is -0.449 e. The third-order valence-corrected chi connectivity index (χ3v) is 4.62. The molecule has 0 aliphatic carbocycles. The van der Waals surface area contributed by atoms with Crippen LogP contribution in [0.2, 0.25) is 0 Å². The Hall–Kier alpha value is -0.130. The summed E-state index contributed by atoms with van der Waals surface area (Å²) in [5.74, 6) is -0.419. The van der Waals surface area contributed by atoms with Crippen molar-refractivity contribution >= 4 is 38.7 Å². The van der Waals surface area contributed by atoms with E-state index in [9.17, 15) is 4.79 Å². The molecule has 0 N–H and O–H groups in total.